The first-order chi connectivity index (χ1) is 15.0. The van der Waals surface area contributed by atoms with Crippen LogP contribution in [0.3, 0.4) is 0 Å². The van der Waals surface area contributed by atoms with Gasteiger partial charge < -0.3 is 14.6 Å². The highest BCUT2D eigenvalue weighted by Gasteiger charge is 2.45. The van der Waals surface area contributed by atoms with Crippen LogP contribution >= 0.6 is 0 Å². The summed E-state index contributed by atoms with van der Waals surface area (Å²) in [6.07, 6.45) is 9.17. The Labute approximate surface area is 180 Å². The topological polar surface area (TPSA) is 88.3 Å². The molecule has 3 aromatic rings. The molecule has 7 nitrogen and oxygen atoms in total. The molecular weight excluding hydrogens is 392 g/mol. The Morgan fingerprint density at radius 2 is 1.81 bits per heavy atom. The fourth-order valence-corrected chi connectivity index (χ4v) is 3.98. The summed E-state index contributed by atoms with van der Waals surface area (Å²) in [6, 6.07) is 8.56. The van der Waals surface area contributed by atoms with Gasteiger partial charge in [0.1, 0.15) is 5.76 Å². The van der Waals surface area contributed by atoms with Crippen molar-refractivity contribution in [1.29, 1.82) is 0 Å². The Morgan fingerprint density at radius 1 is 1.03 bits per heavy atom. The maximum Gasteiger partial charge on any atom is 0.295 e. The van der Waals surface area contributed by atoms with Crippen LogP contribution in [0.4, 0.5) is 0 Å². The van der Waals surface area contributed by atoms with Gasteiger partial charge in [0.15, 0.2) is 0 Å². The molecule has 1 saturated heterocycles. The molecule has 1 N–H and O–H groups in total. The number of carbonyl (C=O) groups is 2. The molecule has 4 rings (SSSR count). The molecule has 158 valence electrons. The van der Waals surface area contributed by atoms with Crippen molar-refractivity contribution in [2.75, 3.05) is 6.54 Å². The highest BCUT2D eigenvalue weighted by Crippen LogP contribution is 2.39. The molecule has 1 aromatic carbocycles. The number of hydrogen-bond acceptors (Lipinski definition) is 5. The number of aliphatic hydroxyl groups is 1. The van der Waals surface area contributed by atoms with Gasteiger partial charge in [-0.2, -0.15) is 0 Å². The largest absolute Gasteiger partial charge is 0.507 e. The van der Waals surface area contributed by atoms with E-state index in [2.05, 4.69) is 9.97 Å². The van der Waals surface area contributed by atoms with Crippen LogP contribution < -0.4 is 0 Å². The third kappa shape index (κ3) is 3.99. The van der Waals surface area contributed by atoms with E-state index < -0.39 is 17.7 Å². The van der Waals surface area contributed by atoms with Gasteiger partial charge in [-0.1, -0.05) is 17.7 Å². The quantitative estimate of drug-likeness (QED) is 0.378. The third-order valence-corrected chi connectivity index (χ3v) is 5.58. The smallest absolute Gasteiger partial charge is 0.295 e. The number of aromatic nitrogens is 3. The van der Waals surface area contributed by atoms with E-state index in [0.717, 1.165) is 16.7 Å². The van der Waals surface area contributed by atoms with Gasteiger partial charge in [-0.05, 0) is 49.6 Å². The monoisotopic (exact) mass is 416 g/mol. The van der Waals surface area contributed by atoms with E-state index in [-0.39, 0.29) is 11.3 Å². The van der Waals surface area contributed by atoms with Crippen LogP contribution in [0.2, 0.25) is 0 Å². The standard InChI is InChI=1S/C24H24N4O3/c1-16-4-5-17(2)19(14-16)22(29)20-21(18-6-8-25-9-7-18)28(24(31)23(20)30)12-3-11-27-13-10-26-15-27/h4-10,13-15,21,29H,3,11-12H2,1-2H3/b22-20-. The molecule has 0 spiro atoms. The van der Waals surface area contributed by atoms with E-state index in [1.165, 1.54) is 0 Å². The lowest BCUT2D eigenvalue weighted by atomic mass is 9.93. The molecule has 1 fully saturated rings. The highest BCUT2D eigenvalue weighted by atomic mass is 16.3. The summed E-state index contributed by atoms with van der Waals surface area (Å²) in [5, 5.41) is 11.2. The van der Waals surface area contributed by atoms with Crippen molar-refractivity contribution in [3.8, 4) is 0 Å². The van der Waals surface area contributed by atoms with Crippen LogP contribution in [0.5, 0.6) is 0 Å². The average molecular weight is 416 g/mol. The van der Waals surface area contributed by atoms with E-state index in [9.17, 15) is 14.7 Å². The Hall–Kier alpha value is -3.74. The zero-order valence-corrected chi connectivity index (χ0v) is 17.5. The molecule has 1 unspecified atom stereocenters. The van der Waals surface area contributed by atoms with Gasteiger partial charge in [0.05, 0.1) is 17.9 Å². The number of aliphatic hydroxyl groups excluding tert-OH is 1. The lowest BCUT2D eigenvalue weighted by Crippen LogP contribution is -2.31. The SMILES string of the molecule is Cc1ccc(C)c(/C(O)=C2/C(=O)C(=O)N(CCCn3ccnc3)C2c2ccncc2)c1. The van der Waals surface area contributed by atoms with Crippen LogP contribution in [0.25, 0.3) is 5.76 Å². The van der Waals surface area contributed by atoms with Gasteiger partial charge in [-0.25, -0.2) is 4.98 Å². The minimum Gasteiger partial charge on any atom is -0.507 e. The number of Topliss-reactive ketones (excluding diaryl/α,β-unsaturated/α-hetero) is 1. The summed E-state index contributed by atoms with van der Waals surface area (Å²) in [4.78, 5) is 35.7. The van der Waals surface area contributed by atoms with Crippen LogP contribution in [0.1, 0.15) is 34.7 Å². The van der Waals surface area contributed by atoms with Crippen LogP contribution in [0.15, 0.2) is 67.0 Å². The molecule has 0 saturated carbocycles. The number of nitrogens with zero attached hydrogens (tertiary/aromatic N) is 4. The van der Waals surface area contributed by atoms with E-state index in [4.69, 9.17) is 0 Å². The van der Waals surface area contributed by atoms with Crippen molar-refractivity contribution in [3.05, 3.63) is 89.3 Å². The van der Waals surface area contributed by atoms with E-state index in [0.29, 0.717) is 25.1 Å². The summed E-state index contributed by atoms with van der Waals surface area (Å²) in [5.74, 6) is -1.40. The molecule has 0 bridgehead atoms. The summed E-state index contributed by atoms with van der Waals surface area (Å²) >= 11 is 0. The zero-order chi connectivity index (χ0) is 22.0. The van der Waals surface area contributed by atoms with Gasteiger partial charge in [0.25, 0.3) is 11.7 Å². The summed E-state index contributed by atoms with van der Waals surface area (Å²) in [5.41, 5.74) is 3.22. The van der Waals surface area contributed by atoms with Gasteiger partial charge in [0, 0.05) is 43.4 Å². The number of rotatable bonds is 6. The predicted octanol–water partition coefficient (Wildman–Crippen LogP) is 3.41. The van der Waals surface area contributed by atoms with Crippen molar-refractivity contribution in [3.63, 3.8) is 0 Å². The Balaban J connectivity index is 1.75. The maximum atomic E-state index is 13.1. The zero-order valence-electron chi connectivity index (χ0n) is 17.5. The predicted molar refractivity (Wildman–Crippen MR) is 116 cm³/mol. The summed E-state index contributed by atoms with van der Waals surface area (Å²) in [6.45, 7) is 4.84. The van der Waals surface area contributed by atoms with E-state index >= 15 is 0 Å². The van der Waals surface area contributed by atoms with Crippen LogP contribution in [-0.4, -0.2) is 42.8 Å². The number of ketones is 1. The number of benzene rings is 1. The molecule has 31 heavy (non-hydrogen) atoms. The molecule has 7 heteroatoms. The van der Waals surface area contributed by atoms with Gasteiger partial charge in [-0.3, -0.25) is 14.6 Å². The highest BCUT2D eigenvalue weighted by molar-refractivity contribution is 6.46. The van der Waals surface area contributed by atoms with Crippen molar-refractivity contribution < 1.29 is 14.7 Å². The fraction of sp³-hybridized carbons (Fsp3) is 0.250. The van der Waals surface area contributed by atoms with Crippen LogP contribution in [0, 0.1) is 13.8 Å². The molecule has 1 amide bonds. The minimum atomic E-state index is -0.664. The molecule has 0 radical (unpaired) electrons. The number of likely N-dealkylation sites (tertiary alicyclic amines) is 1. The van der Waals surface area contributed by atoms with Crippen molar-refractivity contribution in [2.24, 2.45) is 0 Å². The average Bonchev–Trinajstić information content (AvgIpc) is 3.38. The third-order valence-electron chi connectivity index (χ3n) is 5.58. The van der Waals surface area contributed by atoms with Crippen molar-refractivity contribution >= 4 is 17.4 Å². The van der Waals surface area contributed by atoms with E-state index in [1.54, 1.807) is 42.0 Å². The molecule has 1 aliphatic heterocycles. The van der Waals surface area contributed by atoms with Crippen molar-refractivity contribution in [1.82, 2.24) is 19.4 Å². The van der Waals surface area contributed by atoms with Gasteiger partial charge in [0.2, 0.25) is 0 Å². The normalized spacial score (nSPS) is 18.0. The Bertz CT molecular complexity index is 1140. The Kier molecular flexibility index (Phi) is 5.66. The molecule has 0 aliphatic carbocycles. The summed E-state index contributed by atoms with van der Waals surface area (Å²) < 4.78 is 1.92. The number of amides is 1. The van der Waals surface area contributed by atoms with E-state index in [1.807, 2.05) is 42.8 Å². The number of carbonyl (C=O) groups excluding carboxylic acids is 2. The minimum absolute atomic E-state index is 0.118. The molecule has 2 aromatic heterocycles. The van der Waals surface area contributed by atoms with Gasteiger partial charge in [-0.15, -0.1) is 0 Å². The molecule has 3 heterocycles. The Morgan fingerprint density at radius 3 is 2.52 bits per heavy atom. The lowest BCUT2D eigenvalue weighted by molar-refractivity contribution is -0.139. The maximum absolute atomic E-state index is 13.1. The van der Waals surface area contributed by atoms with Crippen molar-refractivity contribution in [2.45, 2.75) is 32.9 Å². The van der Waals surface area contributed by atoms with Gasteiger partial charge >= 0.3 is 0 Å². The second kappa shape index (κ2) is 8.55. The number of pyridine rings is 1. The first-order valence-electron chi connectivity index (χ1n) is 10.2. The molecular formula is C24H24N4O3. The first-order valence-corrected chi connectivity index (χ1v) is 10.2. The molecule has 1 aliphatic rings. The number of hydrogen-bond donors (Lipinski definition) is 1. The second-order valence-corrected chi connectivity index (χ2v) is 7.75. The second-order valence-electron chi connectivity index (χ2n) is 7.75. The molecule has 1 atom stereocenters. The first kappa shape index (κ1) is 20.5. The summed E-state index contributed by atoms with van der Waals surface area (Å²) in [7, 11) is 0. The number of imidazole rings is 1. The van der Waals surface area contributed by atoms with Crippen LogP contribution in [-0.2, 0) is 16.1 Å². The number of aryl methyl sites for hydroxylation is 3. The fourth-order valence-electron chi connectivity index (χ4n) is 3.98. The lowest BCUT2D eigenvalue weighted by Gasteiger charge is -2.25.